The van der Waals surface area contributed by atoms with Crippen LogP contribution in [0.4, 0.5) is 0 Å². The molecule has 1 radical (unpaired) electrons. The Bertz CT molecular complexity index is 181. The van der Waals surface area contributed by atoms with Gasteiger partial charge in [0.1, 0.15) is 0 Å². The lowest BCUT2D eigenvalue weighted by Crippen LogP contribution is -1.83. The number of nitrogens with zero attached hydrogens (tertiary/aromatic N) is 1. The van der Waals surface area contributed by atoms with Crippen LogP contribution in [-0.4, -0.2) is 4.98 Å². The molecule has 2 heteroatoms. The molecule has 0 aliphatic carbocycles. The van der Waals surface area contributed by atoms with E-state index in [4.69, 9.17) is 0 Å². The van der Waals surface area contributed by atoms with E-state index in [1.54, 1.807) is 6.20 Å². The van der Waals surface area contributed by atoms with Crippen molar-refractivity contribution in [1.82, 2.24) is 4.98 Å². The maximum Gasteiger partial charge on any atom is 0.0413 e. The summed E-state index contributed by atoms with van der Waals surface area (Å²) in [5.74, 6) is 0. The quantitative estimate of drug-likeness (QED) is 0.653. The Labute approximate surface area is 63.2 Å². The van der Waals surface area contributed by atoms with Crippen molar-refractivity contribution in [2.75, 3.05) is 0 Å². The molecule has 47 valence electrons. The van der Waals surface area contributed by atoms with Crippen molar-refractivity contribution in [3.05, 3.63) is 35.4 Å². The summed E-state index contributed by atoms with van der Waals surface area (Å²) in [6.07, 6.45) is 2.54. The SMILES string of the molecule is [CH2]Cc1ccc(Br)cn1. The third kappa shape index (κ3) is 1.79. The maximum atomic E-state index is 4.09. The molecule has 1 nitrogen and oxygen atoms in total. The highest BCUT2D eigenvalue weighted by Gasteiger charge is 1.87. The lowest BCUT2D eigenvalue weighted by atomic mass is 10.3. The fourth-order valence-corrected chi connectivity index (χ4v) is 0.789. The first-order valence-electron chi connectivity index (χ1n) is 2.72. The van der Waals surface area contributed by atoms with Gasteiger partial charge in [0.2, 0.25) is 0 Å². The number of aromatic nitrogens is 1. The van der Waals surface area contributed by atoms with Crippen molar-refractivity contribution in [3.8, 4) is 0 Å². The van der Waals surface area contributed by atoms with Crippen molar-refractivity contribution in [2.24, 2.45) is 0 Å². The Morgan fingerprint density at radius 3 is 2.78 bits per heavy atom. The van der Waals surface area contributed by atoms with Gasteiger partial charge >= 0.3 is 0 Å². The Kier molecular flexibility index (Phi) is 2.22. The highest BCUT2D eigenvalue weighted by atomic mass is 79.9. The summed E-state index contributed by atoms with van der Waals surface area (Å²) in [4.78, 5) is 4.09. The zero-order valence-electron chi connectivity index (χ0n) is 4.97. The van der Waals surface area contributed by atoms with Crippen LogP contribution in [0, 0.1) is 6.92 Å². The van der Waals surface area contributed by atoms with Crippen LogP contribution < -0.4 is 0 Å². The van der Waals surface area contributed by atoms with Gasteiger partial charge in [0, 0.05) is 16.4 Å². The van der Waals surface area contributed by atoms with Gasteiger partial charge in [-0.3, -0.25) is 4.98 Å². The molecule has 1 aromatic heterocycles. The molecule has 0 N–H and O–H groups in total. The van der Waals surface area contributed by atoms with Gasteiger partial charge < -0.3 is 0 Å². The predicted molar refractivity (Wildman–Crippen MR) is 41.0 cm³/mol. The average Bonchev–Trinajstić information content (AvgIpc) is 1.90. The lowest BCUT2D eigenvalue weighted by molar-refractivity contribution is 1.10. The van der Waals surface area contributed by atoms with Crippen LogP contribution in [0.15, 0.2) is 22.8 Å². The molecule has 0 aliphatic heterocycles. The molecule has 0 atom stereocenters. The highest BCUT2D eigenvalue weighted by Crippen LogP contribution is 2.06. The van der Waals surface area contributed by atoms with Crippen molar-refractivity contribution in [3.63, 3.8) is 0 Å². The standard InChI is InChI=1S/C7H7BrN/c1-2-7-4-3-6(8)5-9-7/h3-5H,1-2H2. The van der Waals surface area contributed by atoms with Crippen molar-refractivity contribution < 1.29 is 0 Å². The minimum absolute atomic E-state index is 0.757. The molecule has 1 heterocycles. The van der Waals surface area contributed by atoms with Crippen LogP contribution in [0.2, 0.25) is 0 Å². The number of hydrogen-bond acceptors (Lipinski definition) is 1. The second kappa shape index (κ2) is 2.97. The first-order valence-corrected chi connectivity index (χ1v) is 3.52. The van der Waals surface area contributed by atoms with Crippen LogP contribution >= 0.6 is 15.9 Å². The zero-order chi connectivity index (χ0) is 6.69. The smallest absolute Gasteiger partial charge is 0.0413 e. The summed E-state index contributed by atoms with van der Waals surface area (Å²) in [5, 5.41) is 0. The molecule has 0 bridgehead atoms. The van der Waals surface area contributed by atoms with E-state index < -0.39 is 0 Å². The number of halogens is 1. The third-order valence-electron chi connectivity index (χ3n) is 1.04. The molecule has 0 saturated heterocycles. The van der Waals surface area contributed by atoms with Gasteiger partial charge in [-0.25, -0.2) is 0 Å². The molecule has 0 unspecified atom stereocenters. The van der Waals surface area contributed by atoms with Crippen LogP contribution in [0.5, 0.6) is 0 Å². The maximum absolute atomic E-state index is 4.09. The number of hydrogen-bond donors (Lipinski definition) is 0. The van der Waals surface area contributed by atoms with E-state index in [1.165, 1.54) is 0 Å². The van der Waals surface area contributed by atoms with Gasteiger partial charge in [-0.05, 0) is 41.4 Å². The fraction of sp³-hybridized carbons (Fsp3) is 0.143. The first kappa shape index (κ1) is 6.75. The molecule has 0 fully saturated rings. The highest BCUT2D eigenvalue weighted by molar-refractivity contribution is 9.10. The van der Waals surface area contributed by atoms with E-state index in [0.717, 1.165) is 16.6 Å². The lowest BCUT2D eigenvalue weighted by Gasteiger charge is -1.92. The van der Waals surface area contributed by atoms with E-state index in [9.17, 15) is 0 Å². The summed E-state index contributed by atoms with van der Waals surface area (Å²) in [7, 11) is 0. The summed E-state index contributed by atoms with van der Waals surface area (Å²) in [6.45, 7) is 3.71. The molecule has 0 amide bonds. The summed E-state index contributed by atoms with van der Waals surface area (Å²) in [6, 6.07) is 3.92. The second-order valence-electron chi connectivity index (χ2n) is 1.72. The van der Waals surface area contributed by atoms with Crippen LogP contribution in [0.3, 0.4) is 0 Å². The average molecular weight is 185 g/mol. The summed E-state index contributed by atoms with van der Waals surface area (Å²) < 4.78 is 1.01. The Balaban J connectivity index is 2.88. The topological polar surface area (TPSA) is 12.9 Å². The Morgan fingerprint density at radius 2 is 2.33 bits per heavy atom. The fourth-order valence-electron chi connectivity index (χ4n) is 0.554. The summed E-state index contributed by atoms with van der Waals surface area (Å²) in [5.41, 5.74) is 1.03. The van der Waals surface area contributed by atoms with Gasteiger partial charge in [0.15, 0.2) is 0 Å². The van der Waals surface area contributed by atoms with E-state index in [2.05, 4.69) is 27.8 Å². The van der Waals surface area contributed by atoms with E-state index in [1.807, 2.05) is 12.1 Å². The minimum Gasteiger partial charge on any atom is -0.260 e. The zero-order valence-corrected chi connectivity index (χ0v) is 6.56. The van der Waals surface area contributed by atoms with Crippen LogP contribution in [0.1, 0.15) is 5.69 Å². The largest absolute Gasteiger partial charge is 0.260 e. The third-order valence-corrected chi connectivity index (χ3v) is 1.51. The van der Waals surface area contributed by atoms with Crippen molar-refractivity contribution >= 4 is 15.9 Å². The summed E-state index contributed by atoms with van der Waals surface area (Å²) >= 11 is 3.29. The van der Waals surface area contributed by atoms with Crippen molar-refractivity contribution in [2.45, 2.75) is 6.42 Å². The van der Waals surface area contributed by atoms with E-state index >= 15 is 0 Å². The number of pyridine rings is 1. The van der Waals surface area contributed by atoms with Gasteiger partial charge in [0.05, 0.1) is 0 Å². The molecule has 9 heavy (non-hydrogen) atoms. The van der Waals surface area contributed by atoms with E-state index in [-0.39, 0.29) is 0 Å². The number of rotatable bonds is 1. The molecular formula is C7H7BrN. The predicted octanol–water partition coefficient (Wildman–Crippen LogP) is 2.22. The first-order chi connectivity index (χ1) is 4.33. The molecule has 0 aromatic carbocycles. The van der Waals surface area contributed by atoms with Gasteiger partial charge in [-0.2, -0.15) is 0 Å². The van der Waals surface area contributed by atoms with Gasteiger partial charge in [-0.1, -0.05) is 0 Å². The normalized spacial score (nSPS) is 9.56. The molecule has 1 aromatic rings. The van der Waals surface area contributed by atoms with Crippen LogP contribution in [-0.2, 0) is 6.42 Å². The molecule has 0 saturated carbocycles. The molecule has 0 aliphatic rings. The Hall–Kier alpha value is -0.370. The van der Waals surface area contributed by atoms with Gasteiger partial charge in [0.25, 0.3) is 0 Å². The monoisotopic (exact) mass is 184 g/mol. The second-order valence-corrected chi connectivity index (χ2v) is 2.63. The Morgan fingerprint density at radius 1 is 1.56 bits per heavy atom. The van der Waals surface area contributed by atoms with Crippen molar-refractivity contribution in [1.29, 1.82) is 0 Å². The van der Waals surface area contributed by atoms with Crippen LogP contribution in [0.25, 0.3) is 0 Å². The van der Waals surface area contributed by atoms with Gasteiger partial charge in [-0.15, -0.1) is 0 Å². The molecule has 0 spiro atoms. The molecule has 1 rings (SSSR count). The molecular weight excluding hydrogens is 178 g/mol. The van der Waals surface area contributed by atoms with E-state index in [0.29, 0.717) is 0 Å². The minimum atomic E-state index is 0.757.